The SMILES string of the molecule is O=[N+]([O-])c1nn(CCc2cccs2)cc1Br. The number of aryl methyl sites for hydroxylation is 2. The normalized spacial score (nSPS) is 10.6. The Kier molecular flexibility index (Phi) is 3.35. The minimum Gasteiger partial charge on any atom is -0.358 e. The Morgan fingerprint density at radius 1 is 1.62 bits per heavy atom. The quantitative estimate of drug-likeness (QED) is 0.644. The van der Waals surface area contributed by atoms with Crippen LogP contribution in [0.5, 0.6) is 0 Å². The van der Waals surface area contributed by atoms with Gasteiger partial charge in [0, 0.05) is 11.3 Å². The van der Waals surface area contributed by atoms with Crippen LogP contribution in [0.25, 0.3) is 0 Å². The highest BCUT2D eigenvalue weighted by Crippen LogP contribution is 2.22. The molecule has 0 N–H and O–H groups in total. The lowest BCUT2D eigenvalue weighted by Gasteiger charge is -1.93. The van der Waals surface area contributed by atoms with Gasteiger partial charge in [-0.1, -0.05) is 6.07 Å². The van der Waals surface area contributed by atoms with Crippen molar-refractivity contribution < 1.29 is 4.92 Å². The molecule has 0 aliphatic carbocycles. The highest BCUT2D eigenvalue weighted by molar-refractivity contribution is 9.10. The van der Waals surface area contributed by atoms with Crippen LogP contribution in [-0.2, 0) is 13.0 Å². The van der Waals surface area contributed by atoms with Gasteiger partial charge in [-0.05, 0) is 32.3 Å². The van der Waals surface area contributed by atoms with Gasteiger partial charge in [0.15, 0.2) is 0 Å². The first kappa shape index (κ1) is 11.3. The molecule has 0 spiro atoms. The summed E-state index contributed by atoms with van der Waals surface area (Å²) in [4.78, 5) is 11.3. The van der Waals surface area contributed by atoms with Crippen LogP contribution < -0.4 is 0 Å². The number of nitrogens with zero attached hydrogens (tertiary/aromatic N) is 3. The van der Waals surface area contributed by atoms with Crippen LogP contribution in [0.2, 0.25) is 0 Å². The monoisotopic (exact) mass is 301 g/mol. The number of hydrogen-bond donors (Lipinski definition) is 0. The van der Waals surface area contributed by atoms with Gasteiger partial charge in [-0.2, -0.15) is 4.68 Å². The molecule has 5 nitrogen and oxygen atoms in total. The Morgan fingerprint density at radius 3 is 3.00 bits per heavy atom. The smallest absolute Gasteiger partial charge is 0.358 e. The summed E-state index contributed by atoms with van der Waals surface area (Å²) in [5.74, 6) is -0.133. The van der Waals surface area contributed by atoms with E-state index in [1.54, 1.807) is 22.2 Å². The highest BCUT2D eigenvalue weighted by atomic mass is 79.9. The van der Waals surface area contributed by atoms with E-state index in [1.807, 2.05) is 17.5 Å². The lowest BCUT2D eigenvalue weighted by Crippen LogP contribution is -2.01. The van der Waals surface area contributed by atoms with Crippen molar-refractivity contribution in [3.8, 4) is 0 Å². The molecule has 84 valence electrons. The molecule has 2 heterocycles. The number of rotatable bonds is 4. The zero-order chi connectivity index (χ0) is 11.5. The Labute approximate surface area is 104 Å². The average Bonchev–Trinajstić information content (AvgIpc) is 2.83. The van der Waals surface area contributed by atoms with Gasteiger partial charge in [0.05, 0.1) is 17.8 Å². The van der Waals surface area contributed by atoms with Gasteiger partial charge in [-0.15, -0.1) is 11.3 Å². The molecule has 2 rings (SSSR count). The van der Waals surface area contributed by atoms with Gasteiger partial charge in [-0.3, -0.25) is 0 Å². The minimum absolute atomic E-state index is 0.133. The van der Waals surface area contributed by atoms with Crippen molar-refractivity contribution >= 4 is 33.1 Å². The molecule has 0 aromatic carbocycles. The van der Waals surface area contributed by atoms with E-state index in [4.69, 9.17) is 0 Å². The summed E-state index contributed by atoms with van der Waals surface area (Å²) in [6.45, 7) is 0.646. The molecule has 0 aliphatic rings. The first-order valence-electron chi connectivity index (χ1n) is 4.56. The fourth-order valence-corrected chi connectivity index (χ4v) is 2.46. The Bertz CT molecular complexity index is 495. The summed E-state index contributed by atoms with van der Waals surface area (Å²) in [5.41, 5.74) is 0. The predicted octanol–water partition coefficient (Wildman–Crippen LogP) is 2.86. The van der Waals surface area contributed by atoms with E-state index < -0.39 is 4.92 Å². The van der Waals surface area contributed by atoms with Crippen LogP contribution in [0.3, 0.4) is 0 Å². The molecular weight excluding hydrogens is 294 g/mol. The van der Waals surface area contributed by atoms with Crippen molar-refractivity contribution in [1.82, 2.24) is 9.78 Å². The van der Waals surface area contributed by atoms with Gasteiger partial charge < -0.3 is 10.1 Å². The van der Waals surface area contributed by atoms with Crippen LogP contribution in [0.15, 0.2) is 28.2 Å². The molecule has 7 heteroatoms. The lowest BCUT2D eigenvalue weighted by atomic mass is 10.3. The second-order valence-corrected chi connectivity index (χ2v) is 5.04. The van der Waals surface area contributed by atoms with E-state index in [0.29, 0.717) is 11.0 Å². The minimum atomic E-state index is -0.494. The van der Waals surface area contributed by atoms with Crippen LogP contribution in [-0.4, -0.2) is 14.7 Å². The second kappa shape index (κ2) is 4.75. The third kappa shape index (κ3) is 2.48. The molecule has 0 saturated carbocycles. The molecule has 0 unspecified atom stereocenters. The molecule has 0 saturated heterocycles. The molecule has 2 aromatic heterocycles. The van der Waals surface area contributed by atoms with Gasteiger partial charge in [0.2, 0.25) is 0 Å². The van der Waals surface area contributed by atoms with Crippen molar-refractivity contribution in [3.05, 3.63) is 43.2 Å². The molecule has 0 fully saturated rings. The van der Waals surface area contributed by atoms with E-state index in [9.17, 15) is 10.1 Å². The predicted molar refractivity (Wildman–Crippen MR) is 64.6 cm³/mol. The maximum absolute atomic E-state index is 10.6. The molecule has 0 radical (unpaired) electrons. The molecule has 16 heavy (non-hydrogen) atoms. The van der Waals surface area contributed by atoms with Gasteiger partial charge in [0.1, 0.15) is 4.47 Å². The van der Waals surface area contributed by atoms with Crippen LogP contribution >= 0.6 is 27.3 Å². The van der Waals surface area contributed by atoms with E-state index in [0.717, 1.165) is 6.42 Å². The van der Waals surface area contributed by atoms with E-state index in [-0.39, 0.29) is 5.82 Å². The zero-order valence-electron chi connectivity index (χ0n) is 8.17. The van der Waals surface area contributed by atoms with Crippen molar-refractivity contribution in [1.29, 1.82) is 0 Å². The fourth-order valence-electron chi connectivity index (χ4n) is 1.30. The summed E-state index contributed by atoms with van der Waals surface area (Å²) in [6.07, 6.45) is 2.47. The topological polar surface area (TPSA) is 61.0 Å². The first-order valence-corrected chi connectivity index (χ1v) is 6.24. The van der Waals surface area contributed by atoms with E-state index in [2.05, 4.69) is 21.0 Å². The Morgan fingerprint density at radius 2 is 2.44 bits per heavy atom. The first-order chi connectivity index (χ1) is 7.66. The third-order valence-electron chi connectivity index (χ3n) is 2.04. The zero-order valence-corrected chi connectivity index (χ0v) is 10.6. The summed E-state index contributed by atoms with van der Waals surface area (Å²) in [7, 11) is 0. The van der Waals surface area contributed by atoms with E-state index in [1.165, 1.54) is 4.88 Å². The van der Waals surface area contributed by atoms with E-state index >= 15 is 0 Å². The molecule has 0 atom stereocenters. The standard InChI is InChI=1S/C9H8BrN3O2S/c10-8-6-12(11-9(8)13(14)15)4-3-7-2-1-5-16-7/h1-2,5-6H,3-4H2. The molecule has 0 aliphatic heterocycles. The third-order valence-corrected chi connectivity index (χ3v) is 3.54. The van der Waals surface area contributed by atoms with Crippen LogP contribution in [0, 0.1) is 10.1 Å². The number of thiophene rings is 1. The van der Waals surface area contributed by atoms with Crippen LogP contribution in [0.4, 0.5) is 5.82 Å². The Hall–Kier alpha value is -1.21. The largest absolute Gasteiger partial charge is 0.404 e. The van der Waals surface area contributed by atoms with Crippen LogP contribution in [0.1, 0.15) is 4.88 Å². The maximum Gasteiger partial charge on any atom is 0.404 e. The number of nitro groups is 1. The number of aromatic nitrogens is 2. The van der Waals surface area contributed by atoms with Crippen molar-refractivity contribution in [2.75, 3.05) is 0 Å². The van der Waals surface area contributed by atoms with Gasteiger partial charge in [0.25, 0.3) is 0 Å². The highest BCUT2D eigenvalue weighted by Gasteiger charge is 2.18. The molecule has 0 bridgehead atoms. The van der Waals surface area contributed by atoms with Crippen molar-refractivity contribution in [2.24, 2.45) is 0 Å². The second-order valence-electron chi connectivity index (χ2n) is 3.15. The average molecular weight is 302 g/mol. The van der Waals surface area contributed by atoms with Gasteiger partial charge in [-0.25, -0.2) is 0 Å². The summed E-state index contributed by atoms with van der Waals surface area (Å²) < 4.78 is 2.01. The van der Waals surface area contributed by atoms with Crippen molar-refractivity contribution in [2.45, 2.75) is 13.0 Å². The molecular formula is C9H8BrN3O2S. The Balaban J connectivity index is 2.05. The fraction of sp³-hybridized carbons (Fsp3) is 0.222. The molecule has 0 amide bonds. The molecule has 2 aromatic rings. The maximum atomic E-state index is 10.6. The summed E-state index contributed by atoms with van der Waals surface area (Å²) in [5, 5.41) is 16.5. The lowest BCUT2D eigenvalue weighted by molar-refractivity contribution is -0.390. The summed E-state index contributed by atoms with van der Waals surface area (Å²) >= 11 is 4.79. The number of halogens is 1. The van der Waals surface area contributed by atoms with Crippen molar-refractivity contribution in [3.63, 3.8) is 0 Å². The van der Waals surface area contributed by atoms with Gasteiger partial charge >= 0.3 is 5.82 Å². The number of hydrogen-bond acceptors (Lipinski definition) is 4. The summed E-state index contributed by atoms with van der Waals surface area (Å²) in [6, 6.07) is 4.03.